The number of carbonyl (C=O) groups is 1. The first-order valence-electron chi connectivity index (χ1n) is 7.61. The molecule has 0 aliphatic rings. The van der Waals surface area contributed by atoms with Gasteiger partial charge in [0.2, 0.25) is 0 Å². The zero-order valence-electron chi connectivity index (χ0n) is 13.8. The summed E-state index contributed by atoms with van der Waals surface area (Å²) < 4.78 is 58.5. The van der Waals surface area contributed by atoms with Crippen LogP contribution in [0.1, 0.15) is 16.2 Å². The summed E-state index contributed by atoms with van der Waals surface area (Å²) in [5.74, 6) is -1.61. The quantitative estimate of drug-likeness (QED) is 0.538. The fraction of sp³-hybridized carbons (Fsp3) is 0.400. The van der Waals surface area contributed by atoms with Crippen LogP contribution < -0.4 is 10.6 Å². The second-order valence-corrected chi connectivity index (χ2v) is 5.17. The minimum Gasteiger partial charge on any atom is -0.383 e. The van der Waals surface area contributed by atoms with E-state index in [1.54, 1.807) is 0 Å². The van der Waals surface area contributed by atoms with Crippen LogP contribution in [0.5, 0.6) is 0 Å². The van der Waals surface area contributed by atoms with Crippen molar-refractivity contribution in [1.29, 1.82) is 0 Å². The molecule has 1 heterocycles. The van der Waals surface area contributed by atoms with Crippen LogP contribution in [0.25, 0.3) is 5.69 Å². The lowest BCUT2D eigenvalue weighted by Crippen LogP contribution is -2.34. The summed E-state index contributed by atoms with van der Waals surface area (Å²) in [4.78, 5) is 12.1. The van der Waals surface area contributed by atoms with Gasteiger partial charge in [-0.3, -0.25) is 4.79 Å². The molecule has 2 rings (SSSR count). The number of methoxy groups -OCH3 is 1. The molecule has 0 aliphatic carbocycles. The number of nitrogens with zero attached hydrogens (tertiary/aromatic N) is 3. The van der Waals surface area contributed by atoms with Crippen LogP contribution >= 0.6 is 0 Å². The summed E-state index contributed by atoms with van der Waals surface area (Å²) in [6, 6.07) is 4.20. The van der Waals surface area contributed by atoms with Crippen LogP contribution in [-0.2, 0) is 10.9 Å². The maximum absolute atomic E-state index is 13.4. The van der Waals surface area contributed by atoms with Crippen LogP contribution in [-0.4, -0.2) is 54.3 Å². The van der Waals surface area contributed by atoms with Crippen molar-refractivity contribution < 1.29 is 27.1 Å². The minimum absolute atomic E-state index is 0.0634. The predicted octanol–water partition coefficient (Wildman–Crippen LogP) is 1.39. The number of aromatic nitrogens is 3. The van der Waals surface area contributed by atoms with Gasteiger partial charge in [-0.05, 0) is 24.3 Å². The third kappa shape index (κ3) is 4.99. The van der Waals surface area contributed by atoms with E-state index >= 15 is 0 Å². The van der Waals surface area contributed by atoms with Crippen molar-refractivity contribution in [1.82, 2.24) is 25.6 Å². The van der Waals surface area contributed by atoms with Gasteiger partial charge >= 0.3 is 6.18 Å². The Kier molecular flexibility index (Phi) is 6.64. The molecule has 142 valence electrons. The highest BCUT2D eigenvalue weighted by molar-refractivity contribution is 5.93. The molecule has 11 heteroatoms. The Balaban J connectivity index is 2.16. The highest BCUT2D eigenvalue weighted by Gasteiger charge is 2.41. The molecule has 7 nitrogen and oxygen atoms in total. The molecule has 1 aromatic heterocycles. The number of halogens is 4. The van der Waals surface area contributed by atoms with Crippen LogP contribution in [0, 0.1) is 5.82 Å². The summed E-state index contributed by atoms with van der Waals surface area (Å²) in [6.07, 6.45) is -4.87. The average molecular weight is 375 g/mol. The fourth-order valence-electron chi connectivity index (χ4n) is 2.10. The molecule has 26 heavy (non-hydrogen) atoms. The summed E-state index contributed by atoms with van der Waals surface area (Å²) in [5.41, 5.74) is -2.24. The minimum atomic E-state index is -4.87. The maximum Gasteiger partial charge on any atom is 0.435 e. The zero-order chi connectivity index (χ0) is 19.2. The first kappa shape index (κ1) is 19.8. The lowest BCUT2D eigenvalue weighted by molar-refractivity contribution is -0.143. The summed E-state index contributed by atoms with van der Waals surface area (Å²) in [5, 5.41) is 12.0. The molecule has 2 aromatic rings. The van der Waals surface area contributed by atoms with Crippen LogP contribution in [0.15, 0.2) is 24.3 Å². The van der Waals surface area contributed by atoms with Crippen molar-refractivity contribution in [2.24, 2.45) is 0 Å². The zero-order valence-corrected chi connectivity index (χ0v) is 13.8. The second-order valence-electron chi connectivity index (χ2n) is 5.17. The van der Waals surface area contributed by atoms with Gasteiger partial charge in [-0.25, -0.2) is 9.07 Å². The lowest BCUT2D eigenvalue weighted by Gasteiger charge is -2.11. The normalized spacial score (nSPS) is 11.6. The number of ether oxygens (including phenoxy) is 1. The van der Waals surface area contributed by atoms with Gasteiger partial charge in [0.05, 0.1) is 12.3 Å². The van der Waals surface area contributed by atoms with Crippen LogP contribution in [0.4, 0.5) is 17.6 Å². The SMILES string of the molecule is COCCNCCNC(=O)c1nnn(-c2ccc(F)cc2)c1C(F)(F)F. The highest BCUT2D eigenvalue weighted by atomic mass is 19.4. The Morgan fingerprint density at radius 1 is 1.19 bits per heavy atom. The Labute approximate surface area is 146 Å². The first-order valence-corrected chi connectivity index (χ1v) is 7.61. The molecule has 0 bridgehead atoms. The van der Waals surface area contributed by atoms with Crippen molar-refractivity contribution in [3.05, 3.63) is 41.5 Å². The van der Waals surface area contributed by atoms with E-state index in [0.717, 1.165) is 24.3 Å². The Morgan fingerprint density at radius 2 is 1.88 bits per heavy atom. The molecule has 0 saturated heterocycles. The number of amides is 1. The van der Waals surface area contributed by atoms with Gasteiger partial charge < -0.3 is 15.4 Å². The van der Waals surface area contributed by atoms with Gasteiger partial charge in [0, 0.05) is 26.7 Å². The van der Waals surface area contributed by atoms with E-state index in [1.807, 2.05) is 0 Å². The molecule has 2 N–H and O–H groups in total. The van der Waals surface area contributed by atoms with E-state index in [4.69, 9.17) is 4.74 Å². The maximum atomic E-state index is 13.4. The van der Waals surface area contributed by atoms with E-state index in [0.29, 0.717) is 24.4 Å². The summed E-state index contributed by atoms with van der Waals surface area (Å²) in [6.45, 7) is 1.46. The Bertz CT molecular complexity index is 731. The molecule has 1 aromatic carbocycles. The van der Waals surface area contributed by atoms with E-state index in [9.17, 15) is 22.4 Å². The molecule has 0 atom stereocenters. The van der Waals surface area contributed by atoms with Crippen LogP contribution in [0.3, 0.4) is 0 Å². The third-order valence-electron chi connectivity index (χ3n) is 3.30. The van der Waals surface area contributed by atoms with E-state index < -0.39 is 29.3 Å². The molecular formula is C15H17F4N5O2. The van der Waals surface area contributed by atoms with E-state index in [2.05, 4.69) is 20.9 Å². The van der Waals surface area contributed by atoms with Crippen molar-refractivity contribution in [2.45, 2.75) is 6.18 Å². The lowest BCUT2D eigenvalue weighted by atomic mass is 10.2. The van der Waals surface area contributed by atoms with Crippen molar-refractivity contribution >= 4 is 5.91 Å². The standard InChI is InChI=1S/C15H17F4N5O2/c1-26-9-8-20-6-7-21-14(25)12-13(15(17,18)19)24(23-22-12)11-4-2-10(16)3-5-11/h2-5,20H,6-9H2,1H3,(H,21,25). The monoisotopic (exact) mass is 375 g/mol. The largest absolute Gasteiger partial charge is 0.435 e. The molecule has 0 unspecified atom stereocenters. The highest BCUT2D eigenvalue weighted by Crippen LogP contribution is 2.32. The fourth-order valence-corrected chi connectivity index (χ4v) is 2.10. The third-order valence-corrected chi connectivity index (χ3v) is 3.30. The van der Waals surface area contributed by atoms with E-state index in [1.165, 1.54) is 7.11 Å². The summed E-state index contributed by atoms with van der Waals surface area (Å²) in [7, 11) is 1.53. The van der Waals surface area contributed by atoms with Gasteiger partial charge in [0.15, 0.2) is 11.4 Å². The average Bonchev–Trinajstić information content (AvgIpc) is 3.04. The van der Waals surface area contributed by atoms with Gasteiger partial charge in [-0.2, -0.15) is 13.2 Å². The molecule has 0 aliphatic heterocycles. The molecule has 0 fully saturated rings. The number of nitrogens with one attached hydrogen (secondary N) is 2. The van der Waals surface area contributed by atoms with Gasteiger partial charge in [0.25, 0.3) is 5.91 Å². The topological polar surface area (TPSA) is 81.1 Å². The number of carbonyl (C=O) groups excluding carboxylic acids is 1. The van der Waals surface area contributed by atoms with Gasteiger partial charge in [-0.15, -0.1) is 5.10 Å². The number of rotatable bonds is 8. The number of hydrogen-bond donors (Lipinski definition) is 2. The molecular weight excluding hydrogens is 358 g/mol. The Morgan fingerprint density at radius 3 is 2.50 bits per heavy atom. The number of hydrogen-bond acceptors (Lipinski definition) is 5. The number of alkyl halides is 3. The van der Waals surface area contributed by atoms with Gasteiger partial charge in [-0.1, -0.05) is 5.21 Å². The van der Waals surface area contributed by atoms with Crippen molar-refractivity contribution in [2.75, 3.05) is 33.4 Å². The van der Waals surface area contributed by atoms with Crippen molar-refractivity contribution in [3.8, 4) is 5.69 Å². The molecule has 0 spiro atoms. The molecule has 0 saturated carbocycles. The van der Waals surface area contributed by atoms with Crippen LogP contribution in [0.2, 0.25) is 0 Å². The summed E-state index contributed by atoms with van der Waals surface area (Å²) >= 11 is 0. The second kappa shape index (κ2) is 8.72. The van der Waals surface area contributed by atoms with E-state index in [-0.39, 0.29) is 12.2 Å². The Hall–Kier alpha value is -2.53. The molecule has 0 radical (unpaired) electrons. The molecule has 1 amide bonds. The predicted molar refractivity (Wildman–Crippen MR) is 83.4 cm³/mol. The van der Waals surface area contributed by atoms with Gasteiger partial charge in [0.1, 0.15) is 5.82 Å². The van der Waals surface area contributed by atoms with Crippen molar-refractivity contribution in [3.63, 3.8) is 0 Å². The first-order chi connectivity index (χ1) is 12.3. The smallest absolute Gasteiger partial charge is 0.383 e. The number of benzene rings is 1.